The second-order valence-electron chi connectivity index (χ2n) is 10.4. The van der Waals surface area contributed by atoms with E-state index >= 15 is 0 Å². The molecule has 0 bridgehead atoms. The summed E-state index contributed by atoms with van der Waals surface area (Å²) in [5.41, 5.74) is 2.39. The van der Waals surface area contributed by atoms with E-state index < -0.39 is 23.8 Å². The molecule has 0 aromatic heterocycles. The standard InChI is InChI=1S/C32H33BO9/c1-32(23-39-31(35)36-20-24-12-15-27(16-13-24)33-40-18-7-19-41-33)21-37-29(38-22-32)17-14-25-8-5-6-11-28(25)42-30(34)26-9-3-2-4-10-26/h2-6,8-17,29H,7,18-23H2,1H3/b17-14+. The lowest BCUT2D eigenvalue weighted by Gasteiger charge is -2.35. The Morgan fingerprint density at radius 3 is 2.33 bits per heavy atom. The summed E-state index contributed by atoms with van der Waals surface area (Å²) in [6.07, 6.45) is 3.07. The van der Waals surface area contributed by atoms with Gasteiger partial charge < -0.3 is 33.0 Å². The highest BCUT2D eigenvalue weighted by Gasteiger charge is 2.34. The number of benzene rings is 3. The van der Waals surface area contributed by atoms with Crippen molar-refractivity contribution in [3.63, 3.8) is 0 Å². The molecule has 0 amide bonds. The fourth-order valence-corrected chi connectivity index (χ4v) is 4.35. The predicted octanol–water partition coefficient (Wildman–Crippen LogP) is 4.78. The van der Waals surface area contributed by atoms with Crippen LogP contribution in [-0.4, -0.2) is 58.6 Å². The molecule has 9 nitrogen and oxygen atoms in total. The SMILES string of the molecule is CC1(COC(=O)OCc2ccc(B3OCCCO3)cc2)COC(/C=C/c2ccccc2OC(=O)c2ccccc2)OC1. The highest BCUT2D eigenvalue weighted by Crippen LogP contribution is 2.27. The Labute approximate surface area is 245 Å². The lowest BCUT2D eigenvalue weighted by Crippen LogP contribution is -2.42. The van der Waals surface area contributed by atoms with Crippen LogP contribution in [0.4, 0.5) is 4.79 Å². The molecule has 2 heterocycles. The number of rotatable bonds is 9. The zero-order valence-corrected chi connectivity index (χ0v) is 23.4. The molecule has 3 aromatic rings. The van der Waals surface area contributed by atoms with E-state index in [2.05, 4.69) is 0 Å². The molecule has 0 N–H and O–H groups in total. The van der Waals surface area contributed by atoms with Gasteiger partial charge in [-0.25, -0.2) is 9.59 Å². The largest absolute Gasteiger partial charge is 0.508 e. The van der Waals surface area contributed by atoms with Gasteiger partial charge in [-0.1, -0.05) is 73.7 Å². The minimum atomic E-state index is -0.761. The molecule has 2 fully saturated rings. The van der Waals surface area contributed by atoms with E-state index in [0.29, 0.717) is 43.3 Å². The van der Waals surface area contributed by atoms with Crippen molar-refractivity contribution in [2.24, 2.45) is 5.41 Å². The average Bonchev–Trinajstić information content (AvgIpc) is 3.04. The zero-order valence-electron chi connectivity index (χ0n) is 23.4. The van der Waals surface area contributed by atoms with Crippen molar-refractivity contribution in [2.45, 2.75) is 26.2 Å². The van der Waals surface area contributed by atoms with Gasteiger partial charge in [0.15, 0.2) is 6.29 Å². The summed E-state index contributed by atoms with van der Waals surface area (Å²) in [6.45, 7) is 4.05. The van der Waals surface area contributed by atoms with E-state index in [9.17, 15) is 9.59 Å². The molecule has 0 spiro atoms. The van der Waals surface area contributed by atoms with E-state index in [4.69, 9.17) is 33.0 Å². The van der Waals surface area contributed by atoms with Crippen molar-refractivity contribution in [3.8, 4) is 5.75 Å². The van der Waals surface area contributed by atoms with Crippen molar-refractivity contribution in [3.05, 3.63) is 102 Å². The summed E-state index contributed by atoms with van der Waals surface area (Å²) in [4.78, 5) is 24.7. The average molecular weight is 572 g/mol. The topological polar surface area (TPSA) is 98.8 Å². The molecule has 42 heavy (non-hydrogen) atoms. The maximum absolute atomic E-state index is 12.5. The summed E-state index contributed by atoms with van der Waals surface area (Å²) in [5, 5.41) is 0. The number of ether oxygens (including phenoxy) is 5. The van der Waals surface area contributed by atoms with Crippen LogP contribution in [0.5, 0.6) is 5.75 Å². The van der Waals surface area contributed by atoms with Crippen LogP contribution in [0.25, 0.3) is 6.08 Å². The van der Waals surface area contributed by atoms with Crippen molar-refractivity contribution < 1.29 is 42.6 Å². The Bertz CT molecular complexity index is 1350. The number of carbonyl (C=O) groups excluding carboxylic acids is 2. The molecule has 5 rings (SSSR count). The van der Waals surface area contributed by atoms with Gasteiger partial charge in [-0.2, -0.15) is 0 Å². The van der Waals surface area contributed by atoms with Crippen LogP contribution >= 0.6 is 0 Å². The van der Waals surface area contributed by atoms with E-state index in [1.165, 1.54) is 0 Å². The van der Waals surface area contributed by atoms with Gasteiger partial charge in [0.2, 0.25) is 0 Å². The van der Waals surface area contributed by atoms with Gasteiger partial charge in [0, 0.05) is 24.2 Å². The Kier molecular flexibility index (Phi) is 10.0. The van der Waals surface area contributed by atoms with Crippen LogP contribution in [0.2, 0.25) is 0 Å². The summed E-state index contributed by atoms with van der Waals surface area (Å²) in [6, 6.07) is 23.6. The van der Waals surface area contributed by atoms with Gasteiger partial charge in [0.1, 0.15) is 19.0 Å². The monoisotopic (exact) mass is 572 g/mol. The van der Waals surface area contributed by atoms with Crippen molar-refractivity contribution in [1.29, 1.82) is 0 Å². The van der Waals surface area contributed by atoms with Gasteiger partial charge in [0.05, 0.1) is 18.8 Å². The molecule has 2 aliphatic heterocycles. The predicted molar refractivity (Wildman–Crippen MR) is 155 cm³/mol. The van der Waals surface area contributed by atoms with Crippen LogP contribution < -0.4 is 10.2 Å². The first-order chi connectivity index (χ1) is 20.5. The molecule has 0 saturated carbocycles. The van der Waals surface area contributed by atoms with Gasteiger partial charge in [-0.3, -0.25) is 0 Å². The van der Waals surface area contributed by atoms with Gasteiger partial charge in [-0.05, 0) is 41.7 Å². The van der Waals surface area contributed by atoms with Gasteiger partial charge in [-0.15, -0.1) is 0 Å². The molecule has 0 radical (unpaired) electrons. The maximum atomic E-state index is 12.5. The molecule has 218 valence electrons. The first-order valence-corrected chi connectivity index (χ1v) is 13.9. The molecule has 2 aliphatic rings. The van der Waals surface area contributed by atoms with Gasteiger partial charge >= 0.3 is 19.2 Å². The second kappa shape index (κ2) is 14.3. The minimum Gasteiger partial charge on any atom is -0.434 e. The van der Waals surface area contributed by atoms with Crippen LogP contribution in [0.15, 0.2) is 84.9 Å². The summed E-state index contributed by atoms with van der Waals surface area (Å²) < 4.78 is 39.1. The zero-order chi connectivity index (χ0) is 29.2. The second-order valence-corrected chi connectivity index (χ2v) is 10.4. The quantitative estimate of drug-likeness (QED) is 0.204. The van der Waals surface area contributed by atoms with Crippen molar-refractivity contribution >= 4 is 30.8 Å². The first-order valence-electron chi connectivity index (χ1n) is 13.9. The molecule has 10 heteroatoms. The van der Waals surface area contributed by atoms with E-state index in [0.717, 1.165) is 17.4 Å². The number of hydrogen-bond donors (Lipinski definition) is 0. The third-order valence-electron chi connectivity index (χ3n) is 6.73. The molecule has 3 aromatic carbocycles. The molecule has 0 unspecified atom stereocenters. The van der Waals surface area contributed by atoms with E-state index in [-0.39, 0.29) is 20.3 Å². The normalized spacial score (nSPS) is 20.7. The Morgan fingerprint density at radius 2 is 1.60 bits per heavy atom. The highest BCUT2D eigenvalue weighted by molar-refractivity contribution is 6.61. The molecular weight excluding hydrogens is 539 g/mol. The van der Waals surface area contributed by atoms with E-state index in [1.54, 1.807) is 48.6 Å². The van der Waals surface area contributed by atoms with Crippen LogP contribution in [0.3, 0.4) is 0 Å². The number of esters is 1. The molecule has 2 saturated heterocycles. The van der Waals surface area contributed by atoms with Crippen LogP contribution in [0.1, 0.15) is 34.8 Å². The van der Waals surface area contributed by atoms with Crippen LogP contribution in [0, 0.1) is 5.41 Å². The minimum absolute atomic E-state index is 0.0792. The van der Waals surface area contributed by atoms with Crippen LogP contribution in [-0.2, 0) is 34.9 Å². The lowest BCUT2D eigenvalue weighted by atomic mass is 9.78. The molecule has 0 aliphatic carbocycles. The first kappa shape index (κ1) is 29.5. The fourth-order valence-electron chi connectivity index (χ4n) is 4.35. The maximum Gasteiger partial charge on any atom is 0.508 e. The number of para-hydroxylation sites is 1. The fraction of sp³-hybridized carbons (Fsp3) is 0.312. The Morgan fingerprint density at radius 1 is 0.905 bits per heavy atom. The molecular formula is C32H33BO9. The smallest absolute Gasteiger partial charge is 0.434 e. The Hall–Kier alpha value is -3.96. The van der Waals surface area contributed by atoms with E-state index in [1.807, 2.05) is 49.4 Å². The Balaban J connectivity index is 1.04. The lowest BCUT2D eigenvalue weighted by molar-refractivity contribution is -0.210. The molecule has 0 atom stereocenters. The van der Waals surface area contributed by atoms with Crippen molar-refractivity contribution in [1.82, 2.24) is 0 Å². The summed E-state index contributed by atoms with van der Waals surface area (Å²) >= 11 is 0. The third kappa shape index (κ3) is 8.30. The van der Waals surface area contributed by atoms with Gasteiger partial charge in [0.25, 0.3) is 0 Å². The summed E-state index contributed by atoms with van der Waals surface area (Å²) in [7, 11) is -0.352. The summed E-state index contributed by atoms with van der Waals surface area (Å²) in [5.74, 6) is -0.00737. The number of carbonyl (C=O) groups is 2. The van der Waals surface area contributed by atoms with Crippen molar-refractivity contribution in [2.75, 3.05) is 33.0 Å². The number of hydrogen-bond acceptors (Lipinski definition) is 9. The highest BCUT2D eigenvalue weighted by atomic mass is 16.7. The third-order valence-corrected chi connectivity index (χ3v) is 6.73.